The summed E-state index contributed by atoms with van der Waals surface area (Å²) in [7, 11) is 1.63. The standard InChI is InChI=1S/C12H13N3O2S/c1-8-11(16)14-15-12(18-8)13-7-9-3-5-10(17-2)6-4-9/h3-8H,1-2H3,(H,14,16)/b13-7+. The van der Waals surface area contributed by atoms with Gasteiger partial charge in [0, 0.05) is 6.21 Å². The highest BCUT2D eigenvalue weighted by atomic mass is 32.2. The van der Waals surface area contributed by atoms with E-state index in [-0.39, 0.29) is 11.2 Å². The molecule has 1 aromatic rings. The van der Waals surface area contributed by atoms with Crippen LogP contribution in [0.3, 0.4) is 0 Å². The van der Waals surface area contributed by atoms with Crippen molar-refractivity contribution >= 4 is 29.1 Å². The Morgan fingerprint density at radius 3 is 2.78 bits per heavy atom. The van der Waals surface area contributed by atoms with Crippen molar-refractivity contribution in [2.24, 2.45) is 10.1 Å². The summed E-state index contributed by atoms with van der Waals surface area (Å²) in [6.45, 7) is 1.82. The normalized spacial score (nSPS) is 19.6. The van der Waals surface area contributed by atoms with E-state index in [1.165, 1.54) is 11.8 Å². The fraction of sp³-hybridized carbons (Fsp3) is 0.250. The Bertz CT molecular complexity index is 497. The minimum atomic E-state index is -0.162. The second-order valence-electron chi connectivity index (χ2n) is 3.66. The fourth-order valence-electron chi connectivity index (χ4n) is 1.31. The van der Waals surface area contributed by atoms with Gasteiger partial charge in [-0.3, -0.25) is 4.79 Å². The van der Waals surface area contributed by atoms with Crippen LogP contribution < -0.4 is 10.2 Å². The Balaban J connectivity index is 2.04. The van der Waals surface area contributed by atoms with Gasteiger partial charge in [0.25, 0.3) is 5.91 Å². The van der Waals surface area contributed by atoms with Gasteiger partial charge < -0.3 is 4.74 Å². The van der Waals surface area contributed by atoms with Crippen LogP contribution in [0.2, 0.25) is 0 Å². The van der Waals surface area contributed by atoms with E-state index in [1.54, 1.807) is 13.3 Å². The molecule has 0 radical (unpaired) electrons. The lowest BCUT2D eigenvalue weighted by Gasteiger charge is -2.13. The third-order valence-corrected chi connectivity index (χ3v) is 3.33. The molecular weight excluding hydrogens is 250 g/mol. The monoisotopic (exact) mass is 263 g/mol. The molecule has 0 aliphatic carbocycles. The lowest BCUT2D eigenvalue weighted by Crippen LogP contribution is -2.32. The van der Waals surface area contributed by atoms with Crippen LogP contribution in [0.5, 0.6) is 5.75 Å². The van der Waals surface area contributed by atoms with Crippen LogP contribution in [0.1, 0.15) is 12.5 Å². The third kappa shape index (κ3) is 3.10. The second kappa shape index (κ2) is 5.68. The topological polar surface area (TPSA) is 63.1 Å². The van der Waals surface area contributed by atoms with Gasteiger partial charge in [0.05, 0.1) is 12.4 Å². The van der Waals surface area contributed by atoms with E-state index < -0.39 is 0 Å². The number of thioether (sulfide) groups is 1. The van der Waals surface area contributed by atoms with Gasteiger partial charge in [-0.1, -0.05) is 11.8 Å². The van der Waals surface area contributed by atoms with Gasteiger partial charge in [-0.05, 0) is 36.8 Å². The number of carbonyl (C=O) groups excluding carboxylic acids is 1. The summed E-state index contributed by atoms with van der Waals surface area (Å²) in [5.74, 6) is 0.709. The van der Waals surface area contributed by atoms with E-state index in [0.29, 0.717) is 5.17 Å². The van der Waals surface area contributed by atoms with Gasteiger partial charge in [-0.2, -0.15) is 0 Å². The first-order chi connectivity index (χ1) is 8.69. The summed E-state index contributed by atoms with van der Waals surface area (Å²) >= 11 is 1.34. The number of hydrazone groups is 1. The Kier molecular flexibility index (Phi) is 3.99. The number of methoxy groups -OCH3 is 1. The number of hydrogen-bond acceptors (Lipinski definition) is 5. The molecule has 1 aromatic carbocycles. The first kappa shape index (κ1) is 12.6. The van der Waals surface area contributed by atoms with Crippen molar-refractivity contribution < 1.29 is 9.53 Å². The molecule has 6 heteroatoms. The summed E-state index contributed by atoms with van der Waals surface area (Å²) in [6.07, 6.45) is 1.70. The minimum absolute atomic E-state index is 0.0941. The number of amidine groups is 1. The number of hydrogen-bond donors (Lipinski definition) is 1. The maximum Gasteiger partial charge on any atom is 0.253 e. The van der Waals surface area contributed by atoms with Crippen LogP contribution in [0.15, 0.2) is 34.4 Å². The van der Waals surface area contributed by atoms with Crippen LogP contribution in [0.25, 0.3) is 0 Å². The molecule has 1 aliphatic rings. The molecule has 0 spiro atoms. The lowest BCUT2D eigenvalue weighted by atomic mass is 10.2. The molecule has 1 N–H and O–H groups in total. The Hall–Kier alpha value is -1.82. The molecule has 0 bridgehead atoms. The molecule has 94 valence electrons. The van der Waals surface area contributed by atoms with E-state index in [2.05, 4.69) is 15.5 Å². The molecule has 1 unspecified atom stereocenters. The summed E-state index contributed by atoms with van der Waals surface area (Å²) in [5.41, 5.74) is 3.38. The summed E-state index contributed by atoms with van der Waals surface area (Å²) < 4.78 is 5.07. The number of nitrogens with one attached hydrogen (secondary N) is 1. The quantitative estimate of drug-likeness (QED) is 0.825. The maximum atomic E-state index is 11.2. The molecule has 18 heavy (non-hydrogen) atoms. The molecule has 1 aliphatic heterocycles. The molecule has 2 rings (SSSR count). The number of rotatable bonds is 2. The van der Waals surface area contributed by atoms with E-state index in [0.717, 1.165) is 11.3 Å². The summed E-state index contributed by atoms with van der Waals surface area (Å²) in [5, 5.41) is 4.26. The summed E-state index contributed by atoms with van der Waals surface area (Å²) in [6, 6.07) is 7.53. The summed E-state index contributed by atoms with van der Waals surface area (Å²) in [4.78, 5) is 15.4. The van der Waals surface area contributed by atoms with E-state index in [9.17, 15) is 4.79 Å². The van der Waals surface area contributed by atoms with Crippen molar-refractivity contribution in [2.45, 2.75) is 12.2 Å². The predicted octanol–water partition coefficient (Wildman–Crippen LogP) is 1.64. The molecule has 1 heterocycles. The first-order valence-electron chi connectivity index (χ1n) is 5.41. The van der Waals surface area contributed by atoms with Gasteiger partial charge in [0.15, 0.2) is 0 Å². The minimum Gasteiger partial charge on any atom is -0.497 e. The van der Waals surface area contributed by atoms with Crippen molar-refractivity contribution in [1.29, 1.82) is 0 Å². The van der Waals surface area contributed by atoms with Crippen molar-refractivity contribution in [1.82, 2.24) is 5.43 Å². The highest BCUT2D eigenvalue weighted by molar-refractivity contribution is 8.15. The number of ether oxygens (including phenoxy) is 1. The van der Waals surface area contributed by atoms with Crippen LogP contribution in [0, 0.1) is 0 Å². The Morgan fingerprint density at radius 2 is 2.17 bits per heavy atom. The van der Waals surface area contributed by atoms with Crippen LogP contribution in [0.4, 0.5) is 0 Å². The van der Waals surface area contributed by atoms with Gasteiger partial charge in [-0.15, -0.1) is 5.10 Å². The lowest BCUT2D eigenvalue weighted by molar-refractivity contribution is -0.120. The number of carbonyl (C=O) groups is 1. The zero-order valence-corrected chi connectivity index (χ0v) is 10.9. The van der Waals surface area contributed by atoms with E-state index >= 15 is 0 Å². The molecule has 0 saturated carbocycles. The van der Waals surface area contributed by atoms with Crippen molar-refractivity contribution in [3.05, 3.63) is 29.8 Å². The number of nitrogens with zero attached hydrogens (tertiary/aromatic N) is 2. The highest BCUT2D eigenvalue weighted by Crippen LogP contribution is 2.17. The fourth-order valence-corrected chi connectivity index (χ4v) is 2.00. The zero-order valence-electron chi connectivity index (χ0n) is 10.1. The molecule has 0 aromatic heterocycles. The first-order valence-corrected chi connectivity index (χ1v) is 6.29. The Labute approximate surface area is 109 Å². The largest absolute Gasteiger partial charge is 0.497 e. The van der Waals surface area contributed by atoms with Gasteiger partial charge >= 0.3 is 0 Å². The van der Waals surface area contributed by atoms with Gasteiger partial charge in [0.2, 0.25) is 5.17 Å². The van der Waals surface area contributed by atoms with E-state index in [1.807, 2.05) is 31.2 Å². The molecule has 5 nitrogen and oxygen atoms in total. The van der Waals surface area contributed by atoms with Crippen LogP contribution >= 0.6 is 11.8 Å². The number of amides is 1. The number of aliphatic imine (C=N–C) groups is 1. The highest BCUT2D eigenvalue weighted by Gasteiger charge is 2.20. The average Bonchev–Trinajstić information content (AvgIpc) is 2.41. The van der Waals surface area contributed by atoms with Crippen LogP contribution in [-0.4, -0.2) is 29.6 Å². The molecular formula is C12H13N3O2S. The average molecular weight is 263 g/mol. The van der Waals surface area contributed by atoms with Crippen LogP contribution in [-0.2, 0) is 4.79 Å². The van der Waals surface area contributed by atoms with Crippen molar-refractivity contribution in [3.8, 4) is 5.75 Å². The Morgan fingerprint density at radius 1 is 1.44 bits per heavy atom. The second-order valence-corrected chi connectivity index (χ2v) is 4.97. The number of benzene rings is 1. The smallest absolute Gasteiger partial charge is 0.253 e. The molecule has 1 amide bonds. The zero-order chi connectivity index (χ0) is 13.0. The van der Waals surface area contributed by atoms with Gasteiger partial charge in [-0.25, -0.2) is 10.4 Å². The van der Waals surface area contributed by atoms with E-state index in [4.69, 9.17) is 4.74 Å². The van der Waals surface area contributed by atoms with Gasteiger partial charge in [0.1, 0.15) is 5.75 Å². The van der Waals surface area contributed by atoms with Crippen molar-refractivity contribution in [3.63, 3.8) is 0 Å². The predicted molar refractivity (Wildman–Crippen MR) is 73.2 cm³/mol. The molecule has 0 saturated heterocycles. The maximum absolute atomic E-state index is 11.2. The molecule has 1 atom stereocenters. The third-order valence-electron chi connectivity index (χ3n) is 2.35. The molecule has 0 fully saturated rings. The van der Waals surface area contributed by atoms with Crippen molar-refractivity contribution in [2.75, 3.05) is 7.11 Å². The SMILES string of the molecule is COc1ccc(/C=N/C2=NNC(=O)C(C)S2)cc1.